The molecule has 1 aromatic carbocycles. The zero-order valence-corrected chi connectivity index (χ0v) is 22.8. The molecule has 3 aromatic heterocycles. The van der Waals surface area contributed by atoms with E-state index in [4.69, 9.17) is 0 Å². The molecule has 2 saturated carbocycles. The van der Waals surface area contributed by atoms with Crippen LogP contribution in [0.2, 0.25) is 0 Å². The van der Waals surface area contributed by atoms with E-state index in [1.807, 2.05) is 25.1 Å². The smallest absolute Gasteiger partial charge is 0.267 e. The van der Waals surface area contributed by atoms with E-state index >= 15 is 0 Å². The summed E-state index contributed by atoms with van der Waals surface area (Å²) in [4.78, 5) is 17.9. The Labute approximate surface area is 233 Å². The molecule has 0 bridgehead atoms. The van der Waals surface area contributed by atoms with Crippen LogP contribution >= 0.6 is 11.3 Å². The largest absolute Gasteiger partial charge is 0.445 e. The van der Waals surface area contributed by atoms with E-state index in [0.29, 0.717) is 22.8 Å². The topological polar surface area (TPSA) is 73.6 Å². The summed E-state index contributed by atoms with van der Waals surface area (Å²) < 4.78 is 52.7. The second-order valence-corrected chi connectivity index (χ2v) is 11.3. The van der Waals surface area contributed by atoms with Gasteiger partial charge in [0.15, 0.2) is 5.01 Å². The van der Waals surface area contributed by atoms with Crippen LogP contribution in [0.3, 0.4) is 0 Å². The molecule has 6 nitrogen and oxygen atoms in total. The Hall–Kier alpha value is -3.47. The zero-order valence-electron chi connectivity index (χ0n) is 22.0. The van der Waals surface area contributed by atoms with Crippen molar-refractivity contribution in [1.29, 1.82) is 0 Å². The van der Waals surface area contributed by atoms with Crippen molar-refractivity contribution in [3.63, 3.8) is 0 Å². The van der Waals surface area contributed by atoms with E-state index in [2.05, 4.69) is 20.3 Å². The summed E-state index contributed by atoms with van der Waals surface area (Å²) in [5, 5.41) is 10.5. The summed E-state index contributed by atoms with van der Waals surface area (Å²) in [6.07, 6.45) is 4.29. The molecule has 0 radical (unpaired) electrons. The maximum absolute atomic E-state index is 13.4. The van der Waals surface area contributed by atoms with Gasteiger partial charge in [-0.15, -0.1) is 10.2 Å². The van der Waals surface area contributed by atoms with Gasteiger partial charge in [-0.3, -0.25) is 9.78 Å². The molecule has 0 N–H and O–H groups in total. The lowest BCUT2D eigenvalue weighted by Gasteiger charge is -2.22. The zero-order chi connectivity index (χ0) is 28.3. The number of benzene rings is 1. The molecule has 4 aromatic rings. The van der Waals surface area contributed by atoms with Gasteiger partial charge >= 0.3 is 6.18 Å². The molecule has 2 fully saturated rings. The van der Waals surface area contributed by atoms with E-state index in [-0.39, 0.29) is 34.5 Å². The highest BCUT2D eigenvalue weighted by molar-refractivity contribution is 7.14. The summed E-state index contributed by atoms with van der Waals surface area (Å²) in [6, 6.07) is 12.0. The third-order valence-electron chi connectivity index (χ3n) is 7.16. The number of pyridine rings is 1. The van der Waals surface area contributed by atoms with Gasteiger partial charge in [-0.2, -0.15) is 18.3 Å². The van der Waals surface area contributed by atoms with Crippen molar-refractivity contribution in [2.75, 3.05) is 0 Å². The first-order chi connectivity index (χ1) is 19.2. The number of nitrogens with zero attached hydrogens (tertiary/aromatic N) is 5. The Morgan fingerprint density at radius 2 is 1.70 bits per heavy atom. The van der Waals surface area contributed by atoms with Gasteiger partial charge in [0.25, 0.3) is 5.56 Å². The van der Waals surface area contributed by atoms with Gasteiger partial charge < -0.3 is 0 Å². The van der Waals surface area contributed by atoms with Crippen molar-refractivity contribution in [2.45, 2.75) is 76.4 Å². The number of halogens is 4. The van der Waals surface area contributed by atoms with Gasteiger partial charge in [-0.05, 0) is 79.8 Å². The standard InChI is InChI=1S/C22H22F3N5OS.C7H7F/c23-22(24,25)21-28-27-19(32-21)17-11-16(13-5-2-1-3-6-13)20(31)30(29-17)12-18-15(14-8-9-14)7-4-10-26-18;1-6-3-2-4-7(8)5-6/h4,7,10-11,13-14H,1-3,5-6,8-9,12H2;2-5H,1H3. The molecule has 0 aliphatic heterocycles. The highest BCUT2D eigenvalue weighted by Gasteiger charge is 2.36. The van der Waals surface area contributed by atoms with Crippen LogP contribution < -0.4 is 5.56 Å². The van der Waals surface area contributed by atoms with Crippen LogP contribution in [0.1, 0.15) is 84.2 Å². The van der Waals surface area contributed by atoms with Crippen molar-refractivity contribution < 1.29 is 17.6 Å². The molecule has 40 heavy (non-hydrogen) atoms. The Morgan fingerprint density at radius 3 is 2.33 bits per heavy atom. The summed E-state index contributed by atoms with van der Waals surface area (Å²) in [5.41, 5.74) is 3.51. The predicted molar refractivity (Wildman–Crippen MR) is 145 cm³/mol. The molecular weight excluding hydrogens is 542 g/mol. The van der Waals surface area contributed by atoms with Crippen LogP contribution in [0, 0.1) is 12.7 Å². The number of rotatable bonds is 5. The number of aromatic nitrogens is 5. The van der Waals surface area contributed by atoms with Crippen LogP contribution in [0.4, 0.5) is 17.6 Å². The molecule has 3 heterocycles. The summed E-state index contributed by atoms with van der Waals surface area (Å²) in [6.45, 7) is 2.05. The average molecular weight is 572 g/mol. The molecule has 0 saturated heterocycles. The highest BCUT2D eigenvalue weighted by atomic mass is 32.1. The third-order valence-corrected chi connectivity index (χ3v) is 8.15. The van der Waals surface area contributed by atoms with Gasteiger partial charge in [0.05, 0.1) is 12.2 Å². The second kappa shape index (κ2) is 12.0. The van der Waals surface area contributed by atoms with Crippen LogP contribution in [0.5, 0.6) is 0 Å². The fourth-order valence-electron chi connectivity index (χ4n) is 5.02. The summed E-state index contributed by atoms with van der Waals surface area (Å²) >= 11 is 0.446. The fraction of sp³-hybridized carbons (Fsp3) is 0.414. The van der Waals surface area contributed by atoms with Crippen LogP contribution in [-0.2, 0) is 12.7 Å². The minimum Gasteiger partial charge on any atom is -0.267 e. The minimum absolute atomic E-state index is 0.0616. The minimum atomic E-state index is -4.57. The van der Waals surface area contributed by atoms with Crippen molar-refractivity contribution in [1.82, 2.24) is 25.0 Å². The lowest BCUT2D eigenvalue weighted by atomic mass is 9.84. The van der Waals surface area contributed by atoms with Crippen molar-refractivity contribution >= 4 is 11.3 Å². The molecule has 6 rings (SSSR count). The first-order valence-corrected chi connectivity index (χ1v) is 14.2. The average Bonchev–Trinajstić information content (AvgIpc) is 3.65. The second-order valence-electron chi connectivity index (χ2n) is 10.3. The maximum atomic E-state index is 13.4. The molecule has 0 amide bonds. The van der Waals surface area contributed by atoms with E-state index in [1.165, 1.54) is 16.8 Å². The molecule has 0 atom stereocenters. The van der Waals surface area contributed by atoms with Gasteiger partial charge in [-0.25, -0.2) is 9.07 Å². The lowest BCUT2D eigenvalue weighted by Crippen LogP contribution is -2.30. The predicted octanol–water partition coefficient (Wildman–Crippen LogP) is 7.28. The van der Waals surface area contributed by atoms with Gasteiger partial charge in [0.2, 0.25) is 5.01 Å². The van der Waals surface area contributed by atoms with Gasteiger partial charge in [0, 0.05) is 11.8 Å². The Balaban J connectivity index is 0.000000348. The first-order valence-electron chi connectivity index (χ1n) is 13.4. The van der Waals surface area contributed by atoms with Crippen molar-refractivity contribution in [2.24, 2.45) is 0 Å². The number of alkyl halides is 3. The maximum Gasteiger partial charge on any atom is 0.445 e. The van der Waals surface area contributed by atoms with E-state index < -0.39 is 11.2 Å². The van der Waals surface area contributed by atoms with E-state index in [1.54, 1.807) is 18.3 Å². The molecular formula is C29H29F4N5OS. The molecule has 2 aliphatic carbocycles. The monoisotopic (exact) mass is 571 g/mol. The molecule has 2 aliphatic rings. The van der Waals surface area contributed by atoms with Crippen LogP contribution in [-0.4, -0.2) is 25.0 Å². The Kier molecular flexibility index (Phi) is 8.39. The van der Waals surface area contributed by atoms with Crippen LogP contribution in [0.15, 0.2) is 53.5 Å². The van der Waals surface area contributed by atoms with Crippen molar-refractivity contribution in [3.05, 3.63) is 92.2 Å². The molecule has 0 spiro atoms. The van der Waals surface area contributed by atoms with Gasteiger partial charge in [0.1, 0.15) is 11.5 Å². The summed E-state index contributed by atoms with van der Waals surface area (Å²) in [7, 11) is 0. The quantitative estimate of drug-likeness (QED) is 0.235. The van der Waals surface area contributed by atoms with E-state index in [9.17, 15) is 22.4 Å². The van der Waals surface area contributed by atoms with Crippen LogP contribution in [0.25, 0.3) is 10.7 Å². The first kappa shape index (κ1) is 28.1. The number of hydrogen-bond acceptors (Lipinski definition) is 6. The van der Waals surface area contributed by atoms with Gasteiger partial charge in [-0.1, -0.05) is 48.8 Å². The number of hydrogen-bond donors (Lipinski definition) is 0. The fourth-order valence-corrected chi connectivity index (χ4v) is 5.68. The lowest BCUT2D eigenvalue weighted by molar-refractivity contribution is -0.138. The Morgan fingerprint density at radius 1 is 0.950 bits per heavy atom. The normalized spacial score (nSPS) is 15.9. The third kappa shape index (κ3) is 6.80. The summed E-state index contributed by atoms with van der Waals surface area (Å²) in [5.74, 6) is 0.365. The van der Waals surface area contributed by atoms with Crippen molar-refractivity contribution in [3.8, 4) is 10.7 Å². The molecule has 11 heteroatoms. The Bertz CT molecular complexity index is 1510. The number of aryl methyl sites for hydroxylation is 1. The molecule has 0 unspecified atom stereocenters. The van der Waals surface area contributed by atoms with E-state index in [0.717, 1.165) is 61.8 Å². The highest BCUT2D eigenvalue weighted by Crippen LogP contribution is 2.41. The molecule has 210 valence electrons. The SMILES string of the molecule is Cc1cccc(F)c1.O=c1c(C2CCCCC2)cc(-c2nnc(C(F)(F)F)s2)nn1Cc1ncccc1C1CC1.